The highest BCUT2D eigenvalue weighted by Crippen LogP contribution is 2.22. The molecule has 2 rings (SSSR count). The van der Waals surface area contributed by atoms with Gasteiger partial charge in [0.25, 0.3) is 0 Å². The highest BCUT2D eigenvalue weighted by Gasteiger charge is 2.05. The Kier molecular flexibility index (Phi) is 4.66. The fraction of sp³-hybridized carbons (Fsp3) is 0.286. The van der Waals surface area contributed by atoms with E-state index in [1.165, 1.54) is 0 Å². The van der Waals surface area contributed by atoms with Crippen LogP contribution in [0, 0.1) is 6.92 Å². The summed E-state index contributed by atoms with van der Waals surface area (Å²) in [6.45, 7) is 2.53. The molecule has 102 valence electrons. The van der Waals surface area contributed by atoms with Gasteiger partial charge in [-0.15, -0.1) is 0 Å². The van der Waals surface area contributed by atoms with Crippen LogP contribution in [-0.4, -0.2) is 10.5 Å². The van der Waals surface area contributed by atoms with Gasteiger partial charge in [-0.05, 0) is 42.8 Å². The molecule has 1 aromatic heterocycles. The molecule has 1 heterocycles. The number of benzene rings is 1. The van der Waals surface area contributed by atoms with E-state index in [4.69, 9.17) is 16.0 Å². The van der Waals surface area contributed by atoms with Gasteiger partial charge in [0.2, 0.25) is 0 Å². The van der Waals surface area contributed by atoms with Gasteiger partial charge in [-0.25, -0.2) is 0 Å². The van der Waals surface area contributed by atoms with Gasteiger partial charge in [0, 0.05) is 33.5 Å². The van der Waals surface area contributed by atoms with Gasteiger partial charge in [0.1, 0.15) is 11.5 Å². The monoisotopic (exact) mass is 297 g/mol. The third-order valence-electron chi connectivity index (χ3n) is 2.67. The van der Waals surface area contributed by atoms with Gasteiger partial charge >= 0.3 is 0 Å². The second-order valence-corrected chi connectivity index (χ2v) is 6.23. The van der Waals surface area contributed by atoms with Crippen LogP contribution in [0.15, 0.2) is 34.7 Å². The zero-order valence-corrected chi connectivity index (χ0v) is 12.5. The van der Waals surface area contributed by atoms with E-state index >= 15 is 0 Å². The first-order chi connectivity index (χ1) is 9.04. The van der Waals surface area contributed by atoms with E-state index in [2.05, 4.69) is 5.32 Å². The fourth-order valence-electron chi connectivity index (χ4n) is 1.78. The summed E-state index contributed by atoms with van der Waals surface area (Å²) >= 11 is 6.08. The summed E-state index contributed by atoms with van der Waals surface area (Å²) in [5, 5.41) is 3.91. The summed E-state index contributed by atoms with van der Waals surface area (Å²) in [5.74, 6) is 2.25. The zero-order chi connectivity index (χ0) is 13.8. The van der Waals surface area contributed by atoms with Crippen LogP contribution in [0.25, 0.3) is 0 Å². The molecule has 0 aliphatic heterocycles. The number of anilines is 1. The quantitative estimate of drug-likeness (QED) is 0.914. The molecule has 0 saturated carbocycles. The second-order valence-electron chi connectivity index (χ2n) is 4.39. The van der Waals surface area contributed by atoms with Crippen LogP contribution in [0.2, 0.25) is 5.02 Å². The van der Waals surface area contributed by atoms with Crippen molar-refractivity contribution in [3.63, 3.8) is 0 Å². The summed E-state index contributed by atoms with van der Waals surface area (Å²) in [6.07, 6.45) is 1.67. The van der Waals surface area contributed by atoms with E-state index in [9.17, 15) is 4.21 Å². The molecule has 0 aliphatic rings. The summed E-state index contributed by atoms with van der Waals surface area (Å²) in [6, 6.07) is 9.53. The predicted molar refractivity (Wildman–Crippen MR) is 80.0 cm³/mol. The Labute approximate surface area is 120 Å². The summed E-state index contributed by atoms with van der Waals surface area (Å²) in [4.78, 5) is 0. The second kappa shape index (κ2) is 6.26. The van der Waals surface area contributed by atoms with Gasteiger partial charge in [0.05, 0.1) is 6.54 Å². The van der Waals surface area contributed by atoms with Gasteiger partial charge in [-0.1, -0.05) is 11.6 Å². The van der Waals surface area contributed by atoms with Crippen LogP contribution in [0.3, 0.4) is 0 Å². The average Bonchev–Trinajstić information content (AvgIpc) is 2.75. The molecule has 0 unspecified atom stereocenters. The maximum absolute atomic E-state index is 11.3. The minimum atomic E-state index is -0.902. The van der Waals surface area contributed by atoms with Crippen molar-refractivity contribution in [3.8, 4) is 0 Å². The molecule has 0 bridgehead atoms. The number of furan rings is 1. The van der Waals surface area contributed by atoms with E-state index in [1.54, 1.807) is 6.26 Å². The van der Waals surface area contributed by atoms with Crippen molar-refractivity contribution in [1.82, 2.24) is 0 Å². The highest BCUT2D eigenvalue weighted by molar-refractivity contribution is 7.83. The van der Waals surface area contributed by atoms with Crippen molar-refractivity contribution in [2.24, 2.45) is 0 Å². The maximum atomic E-state index is 11.3. The van der Waals surface area contributed by atoms with Crippen LogP contribution in [-0.2, 0) is 23.1 Å². The normalized spacial score (nSPS) is 12.4. The minimum Gasteiger partial charge on any atom is -0.465 e. The van der Waals surface area contributed by atoms with Crippen LogP contribution in [0.5, 0.6) is 0 Å². The van der Waals surface area contributed by atoms with Gasteiger partial charge < -0.3 is 9.73 Å². The van der Waals surface area contributed by atoms with E-state index in [-0.39, 0.29) is 0 Å². The van der Waals surface area contributed by atoms with E-state index in [0.717, 1.165) is 22.8 Å². The molecule has 0 aliphatic carbocycles. The van der Waals surface area contributed by atoms with Crippen molar-refractivity contribution in [2.45, 2.75) is 19.2 Å². The molecule has 19 heavy (non-hydrogen) atoms. The summed E-state index contributed by atoms with van der Waals surface area (Å²) in [5.41, 5.74) is 1.84. The smallest absolute Gasteiger partial charge is 0.123 e. The van der Waals surface area contributed by atoms with Crippen molar-refractivity contribution in [2.75, 3.05) is 11.6 Å². The van der Waals surface area contributed by atoms with Gasteiger partial charge in [0.15, 0.2) is 0 Å². The number of rotatable bonds is 5. The molecule has 1 atom stereocenters. The molecular formula is C14H16ClNO2S. The first-order valence-electron chi connectivity index (χ1n) is 5.92. The number of hydrogen-bond donors (Lipinski definition) is 1. The van der Waals surface area contributed by atoms with E-state index in [1.807, 2.05) is 37.3 Å². The van der Waals surface area contributed by atoms with E-state index in [0.29, 0.717) is 17.3 Å². The average molecular weight is 298 g/mol. The Morgan fingerprint density at radius 1 is 1.32 bits per heavy atom. The van der Waals surface area contributed by atoms with Crippen LogP contribution in [0.4, 0.5) is 5.69 Å². The summed E-state index contributed by atoms with van der Waals surface area (Å²) < 4.78 is 16.8. The third-order valence-corrected chi connectivity index (χ3v) is 3.75. The number of nitrogens with one attached hydrogen (secondary N) is 1. The lowest BCUT2D eigenvalue weighted by Crippen LogP contribution is -2.00. The van der Waals surface area contributed by atoms with Crippen LogP contribution < -0.4 is 5.32 Å². The van der Waals surface area contributed by atoms with Crippen molar-refractivity contribution in [1.29, 1.82) is 0 Å². The maximum Gasteiger partial charge on any atom is 0.123 e. The largest absolute Gasteiger partial charge is 0.465 e. The number of hydrogen-bond acceptors (Lipinski definition) is 3. The molecule has 0 spiro atoms. The van der Waals surface area contributed by atoms with E-state index < -0.39 is 10.8 Å². The first kappa shape index (κ1) is 14.2. The SMILES string of the molecule is Cc1ccc(CNc2ccc(Cl)c(C[S@](C)=O)c2)o1. The lowest BCUT2D eigenvalue weighted by molar-refractivity contribution is 0.490. The molecule has 3 nitrogen and oxygen atoms in total. The molecule has 0 radical (unpaired) electrons. The molecule has 0 fully saturated rings. The Balaban J connectivity index is 2.06. The minimum absolute atomic E-state index is 0.466. The molecule has 2 aromatic rings. The van der Waals surface area contributed by atoms with Gasteiger partial charge in [-0.2, -0.15) is 0 Å². The Morgan fingerprint density at radius 3 is 2.74 bits per heavy atom. The Bertz CT molecular complexity index is 595. The Morgan fingerprint density at radius 2 is 2.11 bits per heavy atom. The molecular weight excluding hydrogens is 282 g/mol. The molecule has 1 N–H and O–H groups in total. The highest BCUT2D eigenvalue weighted by atomic mass is 35.5. The molecule has 1 aromatic carbocycles. The van der Waals surface area contributed by atoms with Gasteiger partial charge in [-0.3, -0.25) is 4.21 Å². The number of aryl methyl sites for hydroxylation is 1. The van der Waals surface area contributed by atoms with Crippen molar-refractivity contribution in [3.05, 3.63) is 52.4 Å². The van der Waals surface area contributed by atoms with Crippen molar-refractivity contribution < 1.29 is 8.63 Å². The zero-order valence-electron chi connectivity index (χ0n) is 10.9. The third kappa shape index (κ3) is 4.11. The summed E-state index contributed by atoms with van der Waals surface area (Å²) in [7, 11) is -0.902. The Hall–Kier alpha value is -1.26. The standard InChI is InChI=1S/C14H16ClNO2S/c1-10-3-5-13(18-10)8-16-12-4-6-14(15)11(7-12)9-19(2)17/h3-7,16H,8-9H2,1-2H3/t19-/m0/s1. The van der Waals surface area contributed by atoms with Crippen molar-refractivity contribution >= 4 is 28.1 Å². The van der Waals surface area contributed by atoms with Crippen LogP contribution >= 0.6 is 11.6 Å². The molecule has 5 heteroatoms. The van der Waals surface area contributed by atoms with Crippen LogP contribution in [0.1, 0.15) is 17.1 Å². The lowest BCUT2D eigenvalue weighted by Gasteiger charge is -2.08. The molecule has 0 saturated heterocycles. The predicted octanol–water partition coefficient (Wildman–Crippen LogP) is 3.73. The number of halogens is 1. The topological polar surface area (TPSA) is 42.2 Å². The molecule has 0 amide bonds. The fourth-order valence-corrected chi connectivity index (χ4v) is 2.72. The lowest BCUT2D eigenvalue weighted by atomic mass is 10.2. The first-order valence-corrected chi connectivity index (χ1v) is 8.03.